The van der Waals surface area contributed by atoms with Gasteiger partial charge < -0.3 is 10.1 Å². The maximum Gasteiger partial charge on any atom is 0.407 e. The van der Waals surface area contributed by atoms with Gasteiger partial charge in [-0.25, -0.2) is 4.79 Å². The van der Waals surface area contributed by atoms with Gasteiger partial charge in [0.05, 0.1) is 0 Å². The Morgan fingerprint density at radius 3 is 2.72 bits per heavy atom. The van der Waals surface area contributed by atoms with Crippen LogP contribution in [0, 0.1) is 6.92 Å². The summed E-state index contributed by atoms with van der Waals surface area (Å²) >= 11 is 1.58. The third-order valence-electron chi connectivity index (χ3n) is 2.48. The van der Waals surface area contributed by atoms with Gasteiger partial charge in [0.25, 0.3) is 0 Å². The number of ether oxygens (including phenoxy) is 1. The summed E-state index contributed by atoms with van der Waals surface area (Å²) in [5.41, 5.74) is 2.27. The minimum Gasteiger partial charge on any atom is -0.444 e. The van der Waals surface area contributed by atoms with Gasteiger partial charge in [-0.15, -0.1) is 11.3 Å². The van der Waals surface area contributed by atoms with Crippen LogP contribution in [0.3, 0.4) is 0 Å². The van der Waals surface area contributed by atoms with E-state index in [9.17, 15) is 4.79 Å². The molecule has 0 fully saturated rings. The van der Waals surface area contributed by atoms with Gasteiger partial charge in [-0.3, -0.25) is 0 Å². The van der Waals surface area contributed by atoms with E-state index in [0.29, 0.717) is 13.2 Å². The summed E-state index contributed by atoms with van der Waals surface area (Å²) < 4.78 is 5.09. The lowest BCUT2D eigenvalue weighted by atomic mass is 10.1. The van der Waals surface area contributed by atoms with Crippen molar-refractivity contribution in [2.24, 2.45) is 0 Å². The fraction of sp³-hybridized carbons (Fsp3) is 0.214. The third-order valence-corrected chi connectivity index (χ3v) is 3.33. The lowest BCUT2D eigenvalue weighted by Gasteiger charge is -2.06. The van der Waals surface area contributed by atoms with Gasteiger partial charge in [-0.1, -0.05) is 35.9 Å². The molecule has 0 spiro atoms. The lowest BCUT2D eigenvalue weighted by Crippen LogP contribution is -2.23. The second-order valence-corrected chi connectivity index (χ2v) is 5.03. The summed E-state index contributed by atoms with van der Waals surface area (Å²) in [6, 6.07) is 11.9. The monoisotopic (exact) mass is 261 g/mol. The van der Waals surface area contributed by atoms with Crippen LogP contribution in [0.1, 0.15) is 16.0 Å². The molecule has 0 saturated carbocycles. The molecule has 0 bridgehead atoms. The second-order valence-electron chi connectivity index (χ2n) is 3.99. The number of rotatable bonds is 4. The smallest absolute Gasteiger partial charge is 0.407 e. The van der Waals surface area contributed by atoms with Crippen molar-refractivity contribution in [2.75, 3.05) is 0 Å². The molecule has 0 unspecified atom stereocenters. The van der Waals surface area contributed by atoms with E-state index in [1.807, 2.05) is 48.7 Å². The Morgan fingerprint density at radius 2 is 2.06 bits per heavy atom. The van der Waals surface area contributed by atoms with Gasteiger partial charge in [0.1, 0.15) is 6.61 Å². The van der Waals surface area contributed by atoms with Gasteiger partial charge in [-0.2, -0.15) is 0 Å². The van der Waals surface area contributed by atoms with Crippen molar-refractivity contribution in [1.29, 1.82) is 0 Å². The SMILES string of the molecule is Cc1ccc(CNC(=O)OCc2cccs2)cc1. The van der Waals surface area contributed by atoms with Crippen LogP contribution < -0.4 is 5.32 Å². The predicted octanol–water partition coefficient (Wildman–Crippen LogP) is 3.48. The van der Waals surface area contributed by atoms with Gasteiger partial charge in [0, 0.05) is 11.4 Å². The molecule has 1 heterocycles. The zero-order valence-electron chi connectivity index (χ0n) is 10.2. The van der Waals surface area contributed by atoms with E-state index < -0.39 is 0 Å². The number of amides is 1. The average molecular weight is 261 g/mol. The maximum atomic E-state index is 11.4. The quantitative estimate of drug-likeness (QED) is 0.915. The molecule has 0 atom stereocenters. The van der Waals surface area contributed by atoms with Gasteiger partial charge >= 0.3 is 6.09 Å². The number of alkyl carbamates (subject to hydrolysis) is 1. The Hall–Kier alpha value is -1.81. The van der Waals surface area contributed by atoms with E-state index >= 15 is 0 Å². The lowest BCUT2D eigenvalue weighted by molar-refractivity contribution is 0.140. The molecule has 0 saturated heterocycles. The van der Waals surface area contributed by atoms with Crippen LogP contribution in [0.4, 0.5) is 4.79 Å². The van der Waals surface area contributed by atoms with Crippen molar-refractivity contribution < 1.29 is 9.53 Å². The summed E-state index contributed by atoms with van der Waals surface area (Å²) in [5, 5.41) is 4.69. The highest BCUT2D eigenvalue weighted by atomic mass is 32.1. The van der Waals surface area contributed by atoms with E-state index in [2.05, 4.69) is 5.32 Å². The van der Waals surface area contributed by atoms with Crippen LogP contribution in [0.15, 0.2) is 41.8 Å². The Balaban J connectivity index is 1.73. The minimum absolute atomic E-state index is 0.331. The molecule has 1 aromatic carbocycles. The van der Waals surface area contributed by atoms with Crippen LogP contribution in [0.25, 0.3) is 0 Å². The fourth-order valence-electron chi connectivity index (χ4n) is 1.46. The van der Waals surface area contributed by atoms with E-state index in [0.717, 1.165) is 10.4 Å². The minimum atomic E-state index is -0.385. The third kappa shape index (κ3) is 3.89. The first kappa shape index (κ1) is 12.6. The molecule has 1 N–H and O–H groups in total. The highest BCUT2D eigenvalue weighted by Crippen LogP contribution is 2.09. The Morgan fingerprint density at radius 1 is 1.28 bits per heavy atom. The number of carbonyl (C=O) groups is 1. The fourth-order valence-corrected chi connectivity index (χ4v) is 2.08. The van der Waals surface area contributed by atoms with Crippen LogP contribution >= 0.6 is 11.3 Å². The molecule has 1 amide bonds. The van der Waals surface area contributed by atoms with Crippen molar-refractivity contribution in [3.8, 4) is 0 Å². The molecule has 4 heteroatoms. The summed E-state index contributed by atoms with van der Waals surface area (Å²) in [5.74, 6) is 0. The van der Waals surface area contributed by atoms with Crippen LogP contribution in [-0.4, -0.2) is 6.09 Å². The number of nitrogens with one attached hydrogen (secondary N) is 1. The van der Waals surface area contributed by atoms with Crippen LogP contribution in [0.2, 0.25) is 0 Å². The van der Waals surface area contributed by atoms with Crippen molar-refractivity contribution in [2.45, 2.75) is 20.1 Å². The Kier molecular flexibility index (Phi) is 4.36. The number of benzene rings is 1. The molecule has 18 heavy (non-hydrogen) atoms. The molecule has 2 rings (SSSR count). The molecule has 0 radical (unpaired) electrons. The first-order chi connectivity index (χ1) is 8.74. The van der Waals surface area contributed by atoms with E-state index in [1.165, 1.54) is 5.56 Å². The molecule has 0 aliphatic heterocycles. The topological polar surface area (TPSA) is 38.3 Å². The predicted molar refractivity (Wildman–Crippen MR) is 72.5 cm³/mol. The first-order valence-electron chi connectivity index (χ1n) is 5.72. The highest BCUT2D eigenvalue weighted by Gasteiger charge is 2.03. The van der Waals surface area contributed by atoms with Crippen LogP contribution in [0.5, 0.6) is 0 Å². The zero-order valence-corrected chi connectivity index (χ0v) is 11.0. The van der Waals surface area contributed by atoms with E-state index in [4.69, 9.17) is 4.74 Å². The molecule has 2 aromatic rings. The normalized spacial score (nSPS) is 10.1. The van der Waals surface area contributed by atoms with Crippen molar-refractivity contribution in [3.63, 3.8) is 0 Å². The number of aryl methyl sites for hydroxylation is 1. The largest absolute Gasteiger partial charge is 0.444 e. The van der Waals surface area contributed by atoms with E-state index in [-0.39, 0.29) is 6.09 Å². The molecule has 1 aromatic heterocycles. The Bertz CT molecular complexity index is 491. The summed E-state index contributed by atoms with van der Waals surface area (Å²) in [6.45, 7) is 2.85. The van der Waals surface area contributed by atoms with Crippen LogP contribution in [-0.2, 0) is 17.9 Å². The summed E-state index contributed by atoms with van der Waals surface area (Å²) in [6.07, 6.45) is -0.385. The highest BCUT2D eigenvalue weighted by molar-refractivity contribution is 7.09. The van der Waals surface area contributed by atoms with Gasteiger partial charge in [0.15, 0.2) is 0 Å². The molecule has 0 aliphatic carbocycles. The molecule has 3 nitrogen and oxygen atoms in total. The second kappa shape index (κ2) is 6.21. The molecular formula is C14H15NO2S. The van der Waals surface area contributed by atoms with E-state index in [1.54, 1.807) is 11.3 Å². The standard InChI is InChI=1S/C14H15NO2S/c1-11-4-6-12(7-5-11)9-15-14(16)17-10-13-3-2-8-18-13/h2-8H,9-10H2,1H3,(H,15,16). The van der Waals surface area contributed by atoms with Crippen molar-refractivity contribution in [1.82, 2.24) is 5.32 Å². The maximum absolute atomic E-state index is 11.4. The molecule has 94 valence electrons. The zero-order chi connectivity index (χ0) is 12.8. The number of carbonyl (C=O) groups excluding carboxylic acids is 1. The average Bonchev–Trinajstić information content (AvgIpc) is 2.89. The van der Waals surface area contributed by atoms with Gasteiger partial charge in [0.2, 0.25) is 0 Å². The first-order valence-corrected chi connectivity index (χ1v) is 6.60. The summed E-state index contributed by atoms with van der Waals surface area (Å²) in [7, 11) is 0. The number of hydrogen-bond acceptors (Lipinski definition) is 3. The van der Waals surface area contributed by atoms with Crippen molar-refractivity contribution >= 4 is 17.4 Å². The number of thiophene rings is 1. The molecular weight excluding hydrogens is 246 g/mol. The summed E-state index contributed by atoms with van der Waals surface area (Å²) in [4.78, 5) is 12.5. The Labute approximate surface area is 110 Å². The van der Waals surface area contributed by atoms with Crippen molar-refractivity contribution in [3.05, 3.63) is 57.8 Å². The molecule has 0 aliphatic rings. The van der Waals surface area contributed by atoms with Gasteiger partial charge in [-0.05, 0) is 23.9 Å². The number of hydrogen-bond donors (Lipinski definition) is 1.